The zero-order valence-electron chi connectivity index (χ0n) is 16.2. The van der Waals surface area contributed by atoms with Gasteiger partial charge in [0, 0.05) is 30.7 Å². The summed E-state index contributed by atoms with van der Waals surface area (Å²) in [4.78, 5) is 5.68. The maximum Gasteiger partial charge on any atom is 0.408 e. The van der Waals surface area contributed by atoms with Gasteiger partial charge in [-0.1, -0.05) is 24.3 Å². The zero-order valence-corrected chi connectivity index (χ0v) is 16.2. The average molecular weight is 430 g/mol. The van der Waals surface area contributed by atoms with Crippen LogP contribution in [0, 0.1) is 5.82 Å². The van der Waals surface area contributed by atoms with Gasteiger partial charge in [0.15, 0.2) is 11.5 Å². The van der Waals surface area contributed by atoms with Crippen LogP contribution in [0.2, 0.25) is 0 Å². The van der Waals surface area contributed by atoms with Crippen molar-refractivity contribution in [3.8, 4) is 11.5 Å². The zero-order chi connectivity index (χ0) is 21.8. The normalized spacial score (nSPS) is 18.8. The Hall–Kier alpha value is -3.11. The number of para-hydroxylation sites is 1. The van der Waals surface area contributed by atoms with Crippen LogP contribution in [0.15, 0.2) is 48.7 Å². The van der Waals surface area contributed by atoms with Crippen LogP contribution in [-0.4, -0.2) is 49.8 Å². The first-order valence-electron chi connectivity index (χ1n) is 9.78. The highest BCUT2D eigenvalue weighted by atomic mass is 19.4. The van der Waals surface area contributed by atoms with Crippen molar-refractivity contribution >= 4 is 16.6 Å². The Kier molecular flexibility index (Phi) is 4.63. The molecule has 10 heteroatoms. The Morgan fingerprint density at radius 3 is 2.65 bits per heavy atom. The number of hydrogen-bond acceptors (Lipinski definition) is 5. The number of hydrogen-bond donors (Lipinski definition) is 1. The molecule has 1 unspecified atom stereocenters. The number of pyridine rings is 2. The third-order valence-corrected chi connectivity index (χ3v) is 5.57. The van der Waals surface area contributed by atoms with E-state index in [0.29, 0.717) is 23.1 Å². The van der Waals surface area contributed by atoms with E-state index in [9.17, 15) is 17.6 Å². The first-order valence-corrected chi connectivity index (χ1v) is 9.78. The standard InChI is InChI=1S/C21H18F4N6/c22-15-3-1-2-12-4-6-16(27-18(12)15)20-29-28-17-7-5-13(10-31(17)20)19(21(23,24)25)30-9-8-14(26)11-30/h1-7,10,14,19H,8-9,11,26H2/t14?,19-/m1/s1. The van der Waals surface area contributed by atoms with E-state index in [1.165, 1.54) is 33.7 Å². The molecule has 0 spiro atoms. The predicted octanol–water partition coefficient (Wildman–Crippen LogP) is 3.72. The van der Waals surface area contributed by atoms with Gasteiger partial charge in [-0.05, 0) is 30.2 Å². The predicted molar refractivity (Wildman–Crippen MR) is 107 cm³/mol. The number of fused-ring (bicyclic) bond motifs is 2. The number of halogens is 4. The Balaban J connectivity index is 1.62. The Morgan fingerprint density at radius 1 is 1.06 bits per heavy atom. The number of benzene rings is 1. The van der Waals surface area contributed by atoms with Gasteiger partial charge >= 0.3 is 6.18 Å². The molecule has 1 aromatic carbocycles. The fraction of sp³-hybridized carbons (Fsp3) is 0.286. The quantitative estimate of drug-likeness (QED) is 0.502. The summed E-state index contributed by atoms with van der Waals surface area (Å²) in [7, 11) is 0. The van der Waals surface area contributed by atoms with E-state index < -0.39 is 18.0 Å². The van der Waals surface area contributed by atoms with Crippen molar-refractivity contribution in [1.82, 2.24) is 24.5 Å². The fourth-order valence-corrected chi connectivity index (χ4v) is 4.14. The molecule has 5 rings (SSSR count). The number of alkyl halides is 3. The van der Waals surface area contributed by atoms with Gasteiger partial charge in [0.25, 0.3) is 0 Å². The van der Waals surface area contributed by atoms with E-state index in [4.69, 9.17) is 5.73 Å². The minimum Gasteiger partial charge on any atom is -0.326 e. The second-order valence-electron chi connectivity index (χ2n) is 7.71. The summed E-state index contributed by atoms with van der Waals surface area (Å²) in [6, 6.07) is 8.77. The summed E-state index contributed by atoms with van der Waals surface area (Å²) in [6.45, 7) is 0.437. The van der Waals surface area contributed by atoms with E-state index in [-0.39, 0.29) is 36.0 Å². The molecule has 0 aliphatic carbocycles. The molecule has 1 fully saturated rings. The van der Waals surface area contributed by atoms with Gasteiger partial charge in [0.2, 0.25) is 0 Å². The van der Waals surface area contributed by atoms with Crippen molar-refractivity contribution in [2.24, 2.45) is 5.73 Å². The van der Waals surface area contributed by atoms with Crippen LogP contribution >= 0.6 is 0 Å². The number of aromatic nitrogens is 4. The highest BCUT2D eigenvalue weighted by molar-refractivity contribution is 5.81. The smallest absolute Gasteiger partial charge is 0.326 e. The van der Waals surface area contributed by atoms with Crippen molar-refractivity contribution in [3.63, 3.8) is 0 Å². The van der Waals surface area contributed by atoms with Crippen LogP contribution in [0.3, 0.4) is 0 Å². The van der Waals surface area contributed by atoms with Crippen LogP contribution in [0.1, 0.15) is 18.0 Å². The SMILES string of the molecule is NC1CCN([C@H](c2ccc3nnc(-c4ccc5cccc(F)c5n4)n3c2)C(F)(F)F)C1. The maximum atomic E-state index is 14.2. The minimum atomic E-state index is -4.48. The number of nitrogens with zero attached hydrogens (tertiary/aromatic N) is 5. The van der Waals surface area contributed by atoms with Gasteiger partial charge < -0.3 is 5.73 Å². The molecule has 4 aromatic rings. The minimum absolute atomic E-state index is 0.0575. The molecule has 1 aliphatic rings. The monoisotopic (exact) mass is 430 g/mol. The lowest BCUT2D eigenvalue weighted by atomic mass is 10.1. The van der Waals surface area contributed by atoms with E-state index in [1.807, 2.05) is 0 Å². The molecule has 0 bridgehead atoms. The molecule has 31 heavy (non-hydrogen) atoms. The number of likely N-dealkylation sites (tertiary alicyclic amines) is 1. The lowest BCUT2D eigenvalue weighted by Crippen LogP contribution is -2.38. The molecular formula is C21H18F4N6. The van der Waals surface area contributed by atoms with Crippen molar-refractivity contribution in [3.05, 3.63) is 60.0 Å². The molecule has 160 valence electrons. The molecule has 1 saturated heterocycles. The highest BCUT2D eigenvalue weighted by Crippen LogP contribution is 2.39. The molecule has 0 saturated carbocycles. The van der Waals surface area contributed by atoms with Crippen molar-refractivity contribution in [1.29, 1.82) is 0 Å². The van der Waals surface area contributed by atoms with Gasteiger partial charge in [0.1, 0.15) is 23.1 Å². The first kappa shape index (κ1) is 19.8. The largest absolute Gasteiger partial charge is 0.408 e. The summed E-state index contributed by atoms with van der Waals surface area (Å²) < 4.78 is 57.6. The fourth-order valence-electron chi connectivity index (χ4n) is 4.14. The summed E-state index contributed by atoms with van der Waals surface area (Å²) in [5.41, 5.74) is 6.74. The molecule has 1 aliphatic heterocycles. The Bertz CT molecular complexity index is 1270. The highest BCUT2D eigenvalue weighted by Gasteiger charge is 2.46. The van der Waals surface area contributed by atoms with Crippen LogP contribution in [0.25, 0.3) is 28.1 Å². The molecular weight excluding hydrogens is 412 g/mol. The van der Waals surface area contributed by atoms with Crippen LogP contribution in [0.4, 0.5) is 17.6 Å². The molecule has 3 aromatic heterocycles. The van der Waals surface area contributed by atoms with Gasteiger partial charge in [-0.15, -0.1) is 10.2 Å². The topological polar surface area (TPSA) is 72.3 Å². The van der Waals surface area contributed by atoms with E-state index in [2.05, 4.69) is 15.2 Å². The lowest BCUT2D eigenvalue weighted by Gasteiger charge is -2.30. The first-order chi connectivity index (χ1) is 14.8. The van der Waals surface area contributed by atoms with Gasteiger partial charge in [0.05, 0.1) is 0 Å². The van der Waals surface area contributed by atoms with Crippen molar-refractivity contribution in [2.75, 3.05) is 13.1 Å². The van der Waals surface area contributed by atoms with Gasteiger partial charge in [-0.2, -0.15) is 13.2 Å². The van der Waals surface area contributed by atoms with E-state index in [0.717, 1.165) is 0 Å². The average Bonchev–Trinajstić information content (AvgIpc) is 3.33. The van der Waals surface area contributed by atoms with Crippen LogP contribution < -0.4 is 5.73 Å². The third-order valence-electron chi connectivity index (χ3n) is 5.57. The summed E-state index contributed by atoms with van der Waals surface area (Å²) in [5.74, 6) is -0.252. The molecule has 4 heterocycles. The van der Waals surface area contributed by atoms with Crippen molar-refractivity contribution in [2.45, 2.75) is 24.7 Å². The molecule has 0 radical (unpaired) electrons. The van der Waals surface area contributed by atoms with Gasteiger partial charge in [-0.3, -0.25) is 9.30 Å². The molecule has 2 atom stereocenters. The van der Waals surface area contributed by atoms with Crippen LogP contribution in [0.5, 0.6) is 0 Å². The van der Waals surface area contributed by atoms with Gasteiger partial charge in [-0.25, -0.2) is 9.37 Å². The van der Waals surface area contributed by atoms with Crippen molar-refractivity contribution < 1.29 is 17.6 Å². The number of rotatable bonds is 3. The van der Waals surface area contributed by atoms with E-state index in [1.54, 1.807) is 24.3 Å². The Labute approximate surface area is 174 Å². The summed E-state index contributed by atoms with van der Waals surface area (Å²) in [5, 5.41) is 8.73. The Morgan fingerprint density at radius 2 is 1.90 bits per heavy atom. The summed E-state index contributed by atoms with van der Waals surface area (Å²) in [6.07, 6.45) is -2.59. The second kappa shape index (κ2) is 7.24. The second-order valence-corrected chi connectivity index (χ2v) is 7.71. The van der Waals surface area contributed by atoms with E-state index >= 15 is 0 Å². The molecule has 6 nitrogen and oxygen atoms in total. The van der Waals surface area contributed by atoms with Crippen LogP contribution in [-0.2, 0) is 0 Å². The third kappa shape index (κ3) is 3.51. The number of nitrogens with two attached hydrogens (primary N) is 1. The molecule has 0 amide bonds. The lowest BCUT2D eigenvalue weighted by molar-refractivity contribution is -0.183. The molecule has 2 N–H and O–H groups in total. The maximum absolute atomic E-state index is 14.2. The summed E-state index contributed by atoms with van der Waals surface area (Å²) >= 11 is 0.